The third-order valence-electron chi connectivity index (χ3n) is 11.6. The fourth-order valence-corrected chi connectivity index (χ4v) is 9.40. The molecule has 0 radical (unpaired) electrons. The normalized spacial score (nSPS) is 47.4. The molecule has 12 nitrogen and oxygen atoms in total. The van der Waals surface area contributed by atoms with Gasteiger partial charge in [0.15, 0.2) is 11.5 Å². The first-order chi connectivity index (χ1) is 19.8. The number of rotatable bonds is 3. The lowest BCUT2D eigenvalue weighted by Crippen LogP contribution is -2.85. The molecule has 6 rings (SSSR count). The van der Waals surface area contributed by atoms with Crippen molar-refractivity contribution in [2.45, 2.75) is 115 Å². The lowest BCUT2D eigenvalue weighted by atomic mass is 9.35. The first kappa shape index (κ1) is 29.5. The van der Waals surface area contributed by atoms with Gasteiger partial charge in [0.25, 0.3) is 0 Å². The van der Waals surface area contributed by atoms with Crippen molar-refractivity contribution in [2.24, 2.45) is 16.2 Å². The predicted molar refractivity (Wildman–Crippen MR) is 143 cm³/mol. The van der Waals surface area contributed by atoms with Gasteiger partial charge in [-0.25, -0.2) is 9.59 Å². The van der Waals surface area contributed by atoms with E-state index in [1.807, 2.05) is 0 Å². The summed E-state index contributed by atoms with van der Waals surface area (Å²) in [5, 5.41) is 0. The van der Waals surface area contributed by atoms with E-state index >= 15 is 0 Å². The summed E-state index contributed by atoms with van der Waals surface area (Å²) in [4.78, 5) is 82.1. The van der Waals surface area contributed by atoms with E-state index in [9.17, 15) is 28.8 Å². The van der Waals surface area contributed by atoms with Crippen LogP contribution < -0.4 is 0 Å². The van der Waals surface area contributed by atoms with Gasteiger partial charge in [0.05, 0.1) is 5.41 Å². The Labute approximate surface area is 248 Å². The molecule has 232 valence electrons. The summed E-state index contributed by atoms with van der Waals surface area (Å²) in [5.74, 6) is -4.95. The van der Waals surface area contributed by atoms with E-state index in [0.717, 1.165) is 6.92 Å². The second kappa shape index (κ2) is 8.13. The Morgan fingerprint density at radius 1 is 0.977 bits per heavy atom. The van der Waals surface area contributed by atoms with Crippen LogP contribution in [0.5, 0.6) is 0 Å². The first-order valence-electron chi connectivity index (χ1n) is 14.4. The molecule has 6 aliphatic rings. The van der Waals surface area contributed by atoms with E-state index in [1.54, 1.807) is 33.8 Å². The number of hydrogen-bond acceptors (Lipinski definition) is 12. The quantitative estimate of drug-likeness (QED) is 0.153. The maximum atomic E-state index is 14.9. The molecule has 9 atom stereocenters. The topological polar surface area (TPSA) is 158 Å². The van der Waals surface area contributed by atoms with Crippen LogP contribution in [0.4, 0.5) is 0 Å². The van der Waals surface area contributed by atoms with Crippen LogP contribution in [0.1, 0.15) is 74.7 Å². The van der Waals surface area contributed by atoms with Crippen molar-refractivity contribution >= 4 is 35.6 Å². The Morgan fingerprint density at radius 3 is 2.21 bits per heavy atom. The van der Waals surface area contributed by atoms with Crippen LogP contribution in [0.2, 0.25) is 0 Å². The van der Waals surface area contributed by atoms with Crippen molar-refractivity contribution in [3.63, 3.8) is 0 Å². The Balaban J connectivity index is 1.76. The van der Waals surface area contributed by atoms with Gasteiger partial charge in [-0.2, -0.15) is 0 Å². The van der Waals surface area contributed by atoms with E-state index in [1.165, 1.54) is 20.8 Å². The standard InChI is InChI=1S/C31H36O12/c1-10-14(2)20(34)40-18-13-28(12-11-19(33)41-25(28,6)7)15(3)30-22(39-17(5)32)26(8)21(35)29(27(18,30)9)23(36)38-16(4)31(29,43-30)24(37)42-26/h10,16,18,22H,3,11-13H2,1-2,4-9H3/b14-10+/t16-,18+,22+,26+,27+,28+,29+,30-,31-/m1/s1. The van der Waals surface area contributed by atoms with Crippen LogP contribution in [0, 0.1) is 16.2 Å². The number of ketones is 1. The van der Waals surface area contributed by atoms with Gasteiger partial charge in [-0.3, -0.25) is 19.2 Å². The number of carbonyl (C=O) groups is 6. The van der Waals surface area contributed by atoms with Crippen LogP contribution in [0.25, 0.3) is 0 Å². The van der Waals surface area contributed by atoms with Gasteiger partial charge in [0.1, 0.15) is 23.4 Å². The summed E-state index contributed by atoms with van der Waals surface area (Å²) in [6, 6.07) is 0. The average Bonchev–Trinajstić information content (AvgIpc) is 3.23. The Kier molecular flexibility index (Phi) is 5.59. The molecule has 0 aromatic carbocycles. The van der Waals surface area contributed by atoms with Crippen LogP contribution in [0.3, 0.4) is 0 Å². The summed E-state index contributed by atoms with van der Waals surface area (Å²) in [6.45, 7) is 16.4. The summed E-state index contributed by atoms with van der Waals surface area (Å²) < 4.78 is 36.4. The van der Waals surface area contributed by atoms with Crippen LogP contribution in [0.15, 0.2) is 23.8 Å². The SMILES string of the molecule is C=C1[C@]2(CCC(=O)OC2(C)C)C[C@H](OC(=O)/C(C)=C/C)[C@@]2(C)[C@]34C(=O)O[C@H](C)[C@]35O[C@@]12[C@@H](OC(C)=O)[C@@](C)(OC5=O)C4=O. The molecule has 4 heterocycles. The molecule has 3 bridgehead atoms. The second-order valence-corrected chi connectivity index (χ2v) is 13.5. The number of Topliss-reactive ketones (excluding diaryl/α,β-unsaturated/α-hetero) is 1. The third-order valence-corrected chi connectivity index (χ3v) is 11.6. The Morgan fingerprint density at radius 2 is 1.63 bits per heavy atom. The molecule has 4 saturated heterocycles. The fraction of sp³-hybridized carbons (Fsp3) is 0.677. The van der Waals surface area contributed by atoms with Gasteiger partial charge in [-0.05, 0) is 60.0 Å². The highest BCUT2D eigenvalue weighted by molar-refractivity contribution is 6.21. The molecule has 0 aromatic heterocycles. The number of carbonyl (C=O) groups excluding carboxylic acids is 6. The molecule has 0 aromatic rings. The highest BCUT2D eigenvalue weighted by atomic mass is 16.7. The van der Waals surface area contributed by atoms with E-state index < -0.39 is 92.6 Å². The van der Waals surface area contributed by atoms with Gasteiger partial charge in [-0.1, -0.05) is 19.6 Å². The average molecular weight is 601 g/mol. The molecule has 4 aliphatic heterocycles. The molecule has 0 N–H and O–H groups in total. The Bertz CT molecular complexity index is 1490. The van der Waals surface area contributed by atoms with Gasteiger partial charge >= 0.3 is 29.8 Å². The monoisotopic (exact) mass is 600 g/mol. The van der Waals surface area contributed by atoms with Gasteiger partial charge in [0.2, 0.25) is 17.0 Å². The zero-order chi connectivity index (χ0) is 31.9. The molecular weight excluding hydrogens is 564 g/mol. The molecule has 12 heteroatoms. The van der Waals surface area contributed by atoms with Crippen molar-refractivity contribution < 1.29 is 57.2 Å². The van der Waals surface area contributed by atoms with Gasteiger partial charge in [-0.15, -0.1) is 0 Å². The van der Waals surface area contributed by atoms with E-state index in [0.29, 0.717) is 0 Å². The lowest BCUT2D eigenvalue weighted by molar-refractivity contribution is -0.274. The fourth-order valence-electron chi connectivity index (χ4n) is 9.40. The smallest absolute Gasteiger partial charge is 0.345 e. The lowest BCUT2D eigenvalue weighted by Gasteiger charge is -2.68. The van der Waals surface area contributed by atoms with E-state index in [2.05, 4.69) is 6.58 Å². The zero-order valence-electron chi connectivity index (χ0n) is 25.5. The molecule has 2 aliphatic carbocycles. The van der Waals surface area contributed by atoms with Crippen LogP contribution >= 0.6 is 0 Å². The van der Waals surface area contributed by atoms with Crippen LogP contribution in [-0.2, 0) is 57.2 Å². The summed E-state index contributed by atoms with van der Waals surface area (Å²) in [6.07, 6.45) is -2.66. The summed E-state index contributed by atoms with van der Waals surface area (Å²) in [5.41, 5.74) is -12.8. The minimum Gasteiger partial charge on any atom is -0.459 e. The number of ether oxygens (including phenoxy) is 6. The minimum absolute atomic E-state index is 0.0254. The number of cyclic esters (lactones) is 2. The van der Waals surface area contributed by atoms with Gasteiger partial charge in [0, 0.05) is 24.3 Å². The van der Waals surface area contributed by atoms with Crippen molar-refractivity contribution in [1.82, 2.24) is 0 Å². The molecular formula is C31H36O12. The minimum atomic E-state index is -2.37. The van der Waals surface area contributed by atoms with Crippen molar-refractivity contribution in [2.75, 3.05) is 0 Å². The largest absolute Gasteiger partial charge is 0.459 e. The maximum absolute atomic E-state index is 14.9. The number of hydrogen-bond donors (Lipinski definition) is 0. The van der Waals surface area contributed by atoms with E-state index in [-0.39, 0.29) is 30.4 Å². The number of esters is 5. The highest BCUT2D eigenvalue weighted by Crippen LogP contribution is 2.82. The molecule has 2 saturated carbocycles. The second-order valence-electron chi connectivity index (χ2n) is 13.5. The highest BCUT2D eigenvalue weighted by Gasteiger charge is 3.03. The van der Waals surface area contributed by atoms with E-state index in [4.69, 9.17) is 28.4 Å². The summed E-state index contributed by atoms with van der Waals surface area (Å²) >= 11 is 0. The third kappa shape index (κ3) is 2.71. The molecule has 0 amide bonds. The van der Waals surface area contributed by atoms with Crippen molar-refractivity contribution in [3.05, 3.63) is 23.8 Å². The summed E-state index contributed by atoms with van der Waals surface area (Å²) in [7, 11) is 0. The molecule has 2 spiro atoms. The molecule has 0 unspecified atom stereocenters. The Hall–Kier alpha value is -3.54. The van der Waals surface area contributed by atoms with Gasteiger partial charge < -0.3 is 28.4 Å². The van der Waals surface area contributed by atoms with Crippen LogP contribution in [-0.4, -0.2) is 76.3 Å². The molecule has 43 heavy (non-hydrogen) atoms. The van der Waals surface area contributed by atoms with Crippen molar-refractivity contribution in [1.29, 1.82) is 0 Å². The van der Waals surface area contributed by atoms with Crippen molar-refractivity contribution in [3.8, 4) is 0 Å². The number of allylic oxidation sites excluding steroid dienone is 1. The maximum Gasteiger partial charge on any atom is 0.345 e. The predicted octanol–water partition coefficient (Wildman–Crippen LogP) is 2.20. The first-order valence-corrected chi connectivity index (χ1v) is 14.4. The molecule has 6 fully saturated rings. The zero-order valence-corrected chi connectivity index (χ0v) is 25.5. The number of fused-ring (bicyclic) bond motifs is 1.